The molecule has 3 nitrogen and oxygen atoms in total. The molecule has 0 aliphatic rings. The number of methoxy groups -OCH3 is 1. The first-order chi connectivity index (χ1) is 9.60. The van der Waals surface area contributed by atoms with Gasteiger partial charge in [-0.3, -0.25) is 0 Å². The van der Waals surface area contributed by atoms with E-state index in [1.54, 1.807) is 7.11 Å². The minimum Gasteiger partial charge on any atom is -0.496 e. The number of hydrogen-bond acceptors (Lipinski definition) is 3. The van der Waals surface area contributed by atoms with E-state index in [-0.39, 0.29) is 6.04 Å². The topological polar surface area (TPSA) is 44.5 Å². The zero-order valence-corrected chi connectivity index (χ0v) is 13.2. The third-order valence-electron chi connectivity index (χ3n) is 3.04. The summed E-state index contributed by atoms with van der Waals surface area (Å²) in [6, 6.07) is 13.7. The molecule has 0 amide bonds. The second kappa shape index (κ2) is 6.77. The fourth-order valence-electron chi connectivity index (χ4n) is 1.89. The van der Waals surface area contributed by atoms with E-state index < -0.39 is 0 Å². The maximum absolute atomic E-state index is 5.82. The zero-order valence-electron chi connectivity index (χ0n) is 11.6. The predicted octanol–water partition coefficient (Wildman–Crippen LogP) is 4.06. The van der Waals surface area contributed by atoms with Crippen molar-refractivity contribution in [1.82, 2.24) is 0 Å². The minimum atomic E-state index is 0.0363. The highest BCUT2D eigenvalue weighted by Crippen LogP contribution is 2.25. The molecule has 0 saturated carbocycles. The van der Waals surface area contributed by atoms with E-state index in [0.717, 1.165) is 27.1 Å². The van der Waals surface area contributed by atoms with E-state index in [4.69, 9.17) is 15.2 Å². The first-order valence-electron chi connectivity index (χ1n) is 6.41. The van der Waals surface area contributed by atoms with Gasteiger partial charge in [0.1, 0.15) is 18.1 Å². The summed E-state index contributed by atoms with van der Waals surface area (Å²) in [6.07, 6.45) is 0. The molecule has 0 aliphatic carbocycles. The van der Waals surface area contributed by atoms with Crippen LogP contribution in [0.3, 0.4) is 0 Å². The van der Waals surface area contributed by atoms with Gasteiger partial charge in [0.25, 0.3) is 0 Å². The first-order valence-corrected chi connectivity index (χ1v) is 7.20. The lowest BCUT2D eigenvalue weighted by molar-refractivity contribution is 0.296. The summed E-state index contributed by atoms with van der Waals surface area (Å²) in [5.41, 5.74) is 7.91. The van der Waals surface area contributed by atoms with Crippen molar-refractivity contribution in [3.05, 3.63) is 58.1 Å². The van der Waals surface area contributed by atoms with Gasteiger partial charge in [0, 0.05) is 16.1 Å². The molecule has 1 unspecified atom stereocenters. The highest BCUT2D eigenvalue weighted by molar-refractivity contribution is 9.10. The number of ether oxygens (including phenoxy) is 2. The van der Waals surface area contributed by atoms with Gasteiger partial charge in [-0.25, -0.2) is 0 Å². The van der Waals surface area contributed by atoms with Crippen LogP contribution in [0.5, 0.6) is 11.5 Å². The molecule has 0 aliphatic heterocycles. The Morgan fingerprint density at radius 3 is 2.45 bits per heavy atom. The van der Waals surface area contributed by atoms with E-state index in [9.17, 15) is 0 Å². The lowest BCUT2D eigenvalue weighted by Crippen LogP contribution is -2.04. The average molecular weight is 336 g/mol. The Bertz CT molecular complexity index is 567. The summed E-state index contributed by atoms with van der Waals surface area (Å²) in [4.78, 5) is 0. The second-order valence-corrected chi connectivity index (χ2v) is 5.52. The molecule has 106 valence electrons. The summed E-state index contributed by atoms with van der Waals surface area (Å²) >= 11 is 3.45. The number of halogens is 1. The summed E-state index contributed by atoms with van der Waals surface area (Å²) < 4.78 is 12.1. The Labute approximate surface area is 127 Å². The van der Waals surface area contributed by atoms with Gasteiger partial charge in [0.15, 0.2) is 0 Å². The van der Waals surface area contributed by atoms with Gasteiger partial charge in [0.05, 0.1) is 7.11 Å². The zero-order chi connectivity index (χ0) is 14.5. The van der Waals surface area contributed by atoms with Crippen LogP contribution in [0.2, 0.25) is 0 Å². The van der Waals surface area contributed by atoms with Gasteiger partial charge in [-0.2, -0.15) is 0 Å². The Morgan fingerprint density at radius 1 is 1.15 bits per heavy atom. The van der Waals surface area contributed by atoms with Crippen LogP contribution in [0.25, 0.3) is 0 Å². The molecular weight excluding hydrogens is 318 g/mol. The maximum Gasteiger partial charge on any atom is 0.125 e. The van der Waals surface area contributed by atoms with Gasteiger partial charge in [-0.05, 0) is 42.8 Å². The Balaban J connectivity index is 2.06. The fraction of sp³-hybridized carbons (Fsp3) is 0.250. The summed E-state index contributed by atoms with van der Waals surface area (Å²) in [7, 11) is 1.66. The molecule has 4 heteroatoms. The summed E-state index contributed by atoms with van der Waals surface area (Å²) in [5.74, 6) is 1.64. The van der Waals surface area contributed by atoms with Crippen LogP contribution in [-0.4, -0.2) is 7.11 Å². The fourth-order valence-corrected chi connectivity index (χ4v) is 2.30. The van der Waals surface area contributed by atoms with Crippen LogP contribution in [0.1, 0.15) is 24.1 Å². The lowest BCUT2D eigenvalue weighted by atomic mass is 10.1. The Hall–Kier alpha value is -1.52. The van der Waals surface area contributed by atoms with Crippen molar-refractivity contribution in [2.75, 3.05) is 7.11 Å². The van der Waals surface area contributed by atoms with Crippen molar-refractivity contribution in [2.24, 2.45) is 5.73 Å². The predicted molar refractivity (Wildman–Crippen MR) is 84.1 cm³/mol. The monoisotopic (exact) mass is 335 g/mol. The molecule has 2 aromatic rings. The quantitative estimate of drug-likeness (QED) is 0.896. The van der Waals surface area contributed by atoms with Crippen molar-refractivity contribution in [3.63, 3.8) is 0 Å². The normalized spacial score (nSPS) is 12.0. The SMILES string of the molecule is COc1ccc(Br)cc1COc1ccc(C(C)N)cc1. The highest BCUT2D eigenvalue weighted by Gasteiger charge is 2.05. The molecule has 0 fully saturated rings. The molecule has 0 heterocycles. The number of nitrogens with two attached hydrogens (primary N) is 1. The summed E-state index contributed by atoms with van der Waals surface area (Å²) in [5, 5.41) is 0. The molecule has 0 aromatic heterocycles. The number of hydrogen-bond donors (Lipinski definition) is 1. The van der Waals surface area contributed by atoms with Crippen LogP contribution in [0.4, 0.5) is 0 Å². The van der Waals surface area contributed by atoms with Crippen molar-refractivity contribution < 1.29 is 9.47 Å². The van der Waals surface area contributed by atoms with Gasteiger partial charge in [0.2, 0.25) is 0 Å². The molecule has 2 rings (SSSR count). The van der Waals surface area contributed by atoms with E-state index in [2.05, 4.69) is 15.9 Å². The number of rotatable bonds is 5. The van der Waals surface area contributed by atoms with E-state index >= 15 is 0 Å². The highest BCUT2D eigenvalue weighted by atomic mass is 79.9. The van der Waals surface area contributed by atoms with Crippen LogP contribution < -0.4 is 15.2 Å². The molecular formula is C16H18BrNO2. The van der Waals surface area contributed by atoms with Crippen LogP contribution in [-0.2, 0) is 6.61 Å². The third kappa shape index (κ3) is 3.74. The Kier molecular flexibility index (Phi) is 5.04. The lowest BCUT2D eigenvalue weighted by Gasteiger charge is -2.12. The molecule has 2 aromatic carbocycles. The van der Waals surface area contributed by atoms with Gasteiger partial charge < -0.3 is 15.2 Å². The van der Waals surface area contributed by atoms with Crippen molar-refractivity contribution in [1.29, 1.82) is 0 Å². The molecule has 0 spiro atoms. The summed E-state index contributed by atoms with van der Waals surface area (Å²) in [6.45, 7) is 2.42. The van der Waals surface area contributed by atoms with Crippen molar-refractivity contribution in [3.8, 4) is 11.5 Å². The Morgan fingerprint density at radius 2 is 1.85 bits per heavy atom. The maximum atomic E-state index is 5.82. The minimum absolute atomic E-state index is 0.0363. The molecule has 0 radical (unpaired) electrons. The van der Waals surface area contributed by atoms with Crippen LogP contribution in [0, 0.1) is 0 Å². The third-order valence-corrected chi connectivity index (χ3v) is 3.54. The largest absolute Gasteiger partial charge is 0.496 e. The molecule has 0 saturated heterocycles. The van der Waals surface area contributed by atoms with Crippen LogP contribution >= 0.6 is 15.9 Å². The van der Waals surface area contributed by atoms with Crippen molar-refractivity contribution in [2.45, 2.75) is 19.6 Å². The van der Waals surface area contributed by atoms with Gasteiger partial charge in [-0.1, -0.05) is 28.1 Å². The van der Waals surface area contributed by atoms with Gasteiger partial charge >= 0.3 is 0 Å². The van der Waals surface area contributed by atoms with E-state index in [1.165, 1.54) is 0 Å². The molecule has 20 heavy (non-hydrogen) atoms. The smallest absolute Gasteiger partial charge is 0.125 e. The number of benzene rings is 2. The first kappa shape index (κ1) is 14.9. The van der Waals surface area contributed by atoms with E-state index in [0.29, 0.717) is 6.61 Å². The van der Waals surface area contributed by atoms with Gasteiger partial charge in [-0.15, -0.1) is 0 Å². The van der Waals surface area contributed by atoms with E-state index in [1.807, 2.05) is 49.4 Å². The van der Waals surface area contributed by atoms with Crippen LogP contribution in [0.15, 0.2) is 46.9 Å². The molecule has 1 atom stereocenters. The molecule has 0 bridgehead atoms. The van der Waals surface area contributed by atoms with Crippen molar-refractivity contribution >= 4 is 15.9 Å². The second-order valence-electron chi connectivity index (χ2n) is 4.60. The average Bonchev–Trinajstić information content (AvgIpc) is 2.45. The molecule has 2 N–H and O–H groups in total. The standard InChI is InChI=1S/C16H18BrNO2/c1-11(18)12-3-6-15(7-4-12)20-10-13-9-14(17)5-8-16(13)19-2/h3-9,11H,10,18H2,1-2H3.